The van der Waals surface area contributed by atoms with Gasteiger partial charge in [-0.3, -0.25) is 0 Å². The fraction of sp³-hybridized carbons (Fsp3) is 0.917. The van der Waals surface area contributed by atoms with Gasteiger partial charge in [0.25, 0.3) is 0 Å². The number of amidine groups is 1. The molecule has 0 saturated heterocycles. The Kier molecular flexibility index (Phi) is 5.71. The van der Waals surface area contributed by atoms with Crippen molar-refractivity contribution in [3.8, 4) is 0 Å². The van der Waals surface area contributed by atoms with Crippen LogP contribution in [0.4, 0.5) is 0 Å². The van der Waals surface area contributed by atoms with Crippen molar-refractivity contribution in [2.75, 3.05) is 26.7 Å². The summed E-state index contributed by atoms with van der Waals surface area (Å²) in [5.41, 5.74) is 5.82. The van der Waals surface area contributed by atoms with Gasteiger partial charge in [0.05, 0.1) is 0 Å². The number of aliphatic hydroxyl groups excluding tert-OH is 1. The van der Waals surface area contributed by atoms with E-state index in [1.807, 2.05) is 0 Å². The van der Waals surface area contributed by atoms with Crippen LogP contribution in [0.1, 0.15) is 38.5 Å². The monoisotopic (exact) mass is 243 g/mol. The van der Waals surface area contributed by atoms with E-state index in [2.05, 4.69) is 17.1 Å². The number of hydrogen-bond acceptors (Lipinski definition) is 4. The van der Waals surface area contributed by atoms with Gasteiger partial charge in [0.1, 0.15) is 5.84 Å². The van der Waals surface area contributed by atoms with Gasteiger partial charge in [0, 0.05) is 19.6 Å². The van der Waals surface area contributed by atoms with Crippen LogP contribution in [-0.4, -0.2) is 47.8 Å². The second kappa shape index (κ2) is 6.81. The van der Waals surface area contributed by atoms with E-state index in [4.69, 9.17) is 16.0 Å². The molecule has 0 unspecified atom stereocenters. The third kappa shape index (κ3) is 5.37. The maximum atomic E-state index is 8.69. The Bertz CT molecular complexity index is 252. The van der Waals surface area contributed by atoms with Crippen LogP contribution in [-0.2, 0) is 0 Å². The molecule has 100 valence electrons. The van der Waals surface area contributed by atoms with Crippen molar-refractivity contribution < 1.29 is 10.3 Å². The molecule has 4 N–H and O–H groups in total. The summed E-state index contributed by atoms with van der Waals surface area (Å²) in [7, 11) is 2.12. The van der Waals surface area contributed by atoms with Gasteiger partial charge in [-0.15, -0.1) is 0 Å². The Labute approximate surface area is 103 Å². The molecule has 17 heavy (non-hydrogen) atoms. The van der Waals surface area contributed by atoms with E-state index in [0.717, 1.165) is 32.4 Å². The van der Waals surface area contributed by atoms with Crippen molar-refractivity contribution in [1.82, 2.24) is 4.90 Å². The SMILES string of the molecule is CN(CCCCCO)CC1(CC(N)=NO)CC1. The third-order valence-corrected chi connectivity index (χ3v) is 3.44. The highest BCUT2D eigenvalue weighted by Crippen LogP contribution is 2.49. The molecule has 0 aromatic rings. The Morgan fingerprint density at radius 3 is 2.59 bits per heavy atom. The first-order chi connectivity index (χ1) is 8.12. The van der Waals surface area contributed by atoms with Gasteiger partial charge in [-0.05, 0) is 51.1 Å². The molecular weight excluding hydrogens is 218 g/mol. The van der Waals surface area contributed by atoms with E-state index in [-0.39, 0.29) is 12.0 Å². The second-order valence-corrected chi connectivity index (χ2v) is 5.29. The molecule has 0 amide bonds. The summed E-state index contributed by atoms with van der Waals surface area (Å²) in [5, 5.41) is 20.3. The van der Waals surface area contributed by atoms with Crippen LogP contribution in [0.2, 0.25) is 0 Å². The van der Waals surface area contributed by atoms with E-state index in [0.29, 0.717) is 12.3 Å². The predicted octanol–water partition coefficient (Wildman–Crippen LogP) is 0.997. The normalized spacial score (nSPS) is 18.6. The molecule has 5 nitrogen and oxygen atoms in total. The zero-order chi connectivity index (χ0) is 12.7. The average Bonchev–Trinajstić information content (AvgIpc) is 3.04. The summed E-state index contributed by atoms with van der Waals surface area (Å²) in [6.45, 7) is 2.36. The average molecular weight is 243 g/mol. The molecule has 0 aliphatic heterocycles. The second-order valence-electron chi connectivity index (χ2n) is 5.29. The molecule has 1 aliphatic rings. The fourth-order valence-corrected chi connectivity index (χ4v) is 2.31. The van der Waals surface area contributed by atoms with Gasteiger partial charge < -0.3 is 20.9 Å². The number of oxime groups is 1. The van der Waals surface area contributed by atoms with E-state index in [9.17, 15) is 0 Å². The number of aliphatic hydroxyl groups is 1. The topological polar surface area (TPSA) is 82.1 Å². The predicted molar refractivity (Wildman–Crippen MR) is 68.1 cm³/mol. The molecule has 1 aliphatic carbocycles. The minimum atomic E-state index is 0.252. The van der Waals surface area contributed by atoms with Gasteiger partial charge >= 0.3 is 0 Å². The van der Waals surface area contributed by atoms with Crippen LogP contribution in [0.3, 0.4) is 0 Å². The van der Waals surface area contributed by atoms with E-state index in [1.54, 1.807) is 0 Å². The van der Waals surface area contributed by atoms with Crippen LogP contribution in [0.25, 0.3) is 0 Å². The zero-order valence-corrected chi connectivity index (χ0v) is 10.7. The van der Waals surface area contributed by atoms with E-state index >= 15 is 0 Å². The smallest absolute Gasteiger partial charge is 0.139 e. The van der Waals surface area contributed by atoms with Gasteiger partial charge in [-0.2, -0.15) is 0 Å². The quantitative estimate of drug-likeness (QED) is 0.185. The highest BCUT2D eigenvalue weighted by molar-refractivity contribution is 5.80. The summed E-state index contributed by atoms with van der Waals surface area (Å²) in [6.07, 6.45) is 6.13. The minimum Gasteiger partial charge on any atom is -0.409 e. The molecule has 0 bridgehead atoms. The van der Waals surface area contributed by atoms with Crippen LogP contribution in [0.15, 0.2) is 5.16 Å². The van der Waals surface area contributed by atoms with Gasteiger partial charge in [-0.25, -0.2) is 0 Å². The molecular formula is C12H25N3O2. The molecule has 1 fully saturated rings. The lowest BCUT2D eigenvalue weighted by Crippen LogP contribution is -2.30. The molecule has 1 rings (SSSR count). The van der Waals surface area contributed by atoms with Crippen molar-refractivity contribution in [1.29, 1.82) is 0 Å². The molecule has 0 spiro atoms. The Morgan fingerprint density at radius 1 is 1.35 bits per heavy atom. The molecule has 5 heteroatoms. The number of rotatable bonds is 9. The first-order valence-corrected chi connectivity index (χ1v) is 6.38. The van der Waals surface area contributed by atoms with Crippen molar-refractivity contribution >= 4 is 5.84 Å². The maximum Gasteiger partial charge on any atom is 0.139 e. The number of nitrogens with two attached hydrogens (primary N) is 1. The maximum absolute atomic E-state index is 8.69. The lowest BCUT2D eigenvalue weighted by atomic mass is 10.0. The Morgan fingerprint density at radius 2 is 2.06 bits per heavy atom. The first kappa shape index (κ1) is 14.3. The van der Waals surface area contributed by atoms with E-state index < -0.39 is 0 Å². The highest BCUT2D eigenvalue weighted by atomic mass is 16.4. The Balaban J connectivity index is 2.19. The zero-order valence-electron chi connectivity index (χ0n) is 10.7. The third-order valence-electron chi connectivity index (χ3n) is 3.44. The van der Waals surface area contributed by atoms with E-state index in [1.165, 1.54) is 12.8 Å². The lowest BCUT2D eigenvalue weighted by Gasteiger charge is -2.23. The minimum absolute atomic E-state index is 0.252. The molecule has 0 radical (unpaired) electrons. The number of hydrogen-bond donors (Lipinski definition) is 3. The van der Waals surface area contributed by atoms with Crippen LogP contribution >= 0.6 is 0 Å². The van der Waals surface area contributed by atoms with Gasteiger partial charge in [0.15, 0.2) is 0 Å². The summed E-state index contributed by atoms with van der Waals surface area (Å²) in [5.74, 6) is 0.344. The number of nitrogens with zero attached hydrogens (tertiary/aromatic N) is 2. The highest BCUT2D eigenvalue weighted by Gasteiger charge is 2.43. The van der Waals surface area contributed by atoms with Crippen LogP contribution < -0.4 is 5.73 Å². The largest absolute Gasteiger partial charge is 0.409 e. The fourth-order valence-electron chi connectivity index (χ4n) is 2.31. The van der Waals surface area contributed by atoms with Crippen LogP contribution in [0.5, 0.6) is 0 Å². The molecule has 1 saturated carbocycles. The molecule has 0 aromatic heterocycles. The number of unbranched alkanes of at least 4 members (excludes halogenated alkanes) is 2. The summed E-state index contributed by atoms with van der Waals surface area (Å²) < 4.78 is 0. The van der Waals surface area contributed by atoms with Crippen LogP contribution in [0, 0.1) is 5.41 Å². The molecule has 0 aromatic carbocycles. The standard InChI is InChI=1S/C12H25N3O2/c1-15(7-3-2-4-8-16)10-12(5-6-12)9-11(13)14-17/h16-17H,2-10H2,1H3,(H2,13,14). The van der Waals surface area contributed by atoms with Crippen molar-refractivity contribution in [3.63, 3.8) is 0 Å². The van der Waals surface area contributed by atoms with Crippen molar-refractivity contribution in [3.05, 3.63) is 0 Å². The van der Waals surface area contributed by atoms with Crippen molar-refractivity contribution in [2.45, 2.75) is 38.5 Å². The molecule has 0 heterocycles. The lowest BCUT2D eigenvalue weighted by molar-refractivity contribution is 0.247. The van der Waals surface area contributed by atoms with Gasteiger partial charge in [0.2, 0.25) is 0 Å². The summed E-state index contributed by atoms with van der Waals surface area (Å²) in [4.78, 5) is 2.31. The summed E-state index contributed by atoms with van der Waals surface area (Å²) >= 11 is 0. The Hall–Kier alpha value is -0.810. The van der Waals surface area contributed by atoms with Crippen molar-refractivity contribution in [2.24, 2.45) is 16.3 Å². The van der Waals surface area contributed by atoms with Gasteiger partial charge in [-0.1, -0.05) is 5.16 Å². The first-order valence-electron chi connectivity index (χ1n) is 6.38. The molecule has 0 atom stereocenters. The summed E-state index contributed by atoms with van der Waals surface area (Å²) in [6, 6.07) is 0.